The lowest BCUT2D eigenvalue weighted by Crippen LogP contribution is -2.23. The van der Waals surface area contributed by atoms with E-state index in [1.165, 1.54) is 0 Å². The number of hydrazine groups is 1. The second kappa shape index (κ2) is 6.93. The number of amidine groups is 1. The average molecular weight is 329 g/mol. The summed E-state index contributed by atoms with van der Waals surface area (Å²) in [5, 5.41) is 3.86. The fourth-order valence-corrected chi connectivity index (χ4v) is 3.20. The predicted molar refractivity (Wildman–Crippen MR) is 99.9 cm³/mol. The third-order valence-corrected chi connectivity index (χ3v) is 4.33. The summed E-state index contributed by atoms with van der Waals surface area (Å²) < 4.78 is 0.109. The Bertz CT molecular complexity index is 719. The highest BCUT2D eigenvalue weighted by atomic mass is 32.2. The number of nitrogens with one attached hydrogen (secondary N) is 1. The molecule has 0 unspecified atom stereocenters. The molecule has 2 aromatic carbocycles. The third kappa shape index (κ3) is 4.40. The Labute approximate surface area is 141 Å². The summed E-state index contributed by atoms with van der Waals surface area (Å²) in [6, 6.07) is 13.8. The molecule has 6 heteroatoms. The standard InChI is InChI=1S/C17H23N5S/c1-17(2,3)23-15-9-8-11(10-14(15)18)12-6-4-5-7-13(12)16(19)21-22-20/h4-10,22H,18,20H2,1-3H3,(H2,19,21). The number of benzene rings is 2. The highest BCUT2D eigenvalue weighted by Crippen LogP contribution is 2.37. The van der Waals surface area contributed by atoms with Gasteiger partial charge in [0.15, 0.2) is 5.84 Å². The van der Waals surface area contributed by atoms with Gasteiger partial charge in [-0.15, -0.1) is 16.9 Å². The van der Waals surface area contributed by atoms with Gasteiger partial charge in [0.2, 0.25) is 0 Å². The van der Waals surface area contributed by atoms with Crippen molar-refractivity contribution in [2.45, 2.75) is 30.4 Å². The topological polar surface area (TPSA) is 102 Å². The van der Waals surface area contributed by atoms with Gasteiger partial charge in [-0.05, 0) is 23.3 Å². The van der Waals surface area contributed by atoms with Crippen LogP contribution in [0, 0.1) is 0 Å². The molecule has 2 rings (SSSR count). The normalized spacial score (nSPS) is 12.3. The Morgan fingerprint density at radius 1 is 1.13 bits per heavy atom. The van der Waals surface area contributed by atoms with Gasteiger partial charge in [-0.1, -0.05) is 51.1 Å². The van der Waals surface area contributed by atoms with Crippen LogP contribution in [-0.4, -0.2) is 10.6 Å². The maximum absolute atomic E-state index is 6.24. The fourth-order valence-electron chi connectivity index (χ4n) is 2.23. The number of anilines is 1. The number of hydrogen-bond donors (Lipinski definition) is 4. The van der Waals surface area contributed by atoms with Crippen molar-refractivity contribution in [3.63, 3.8) is 0 Å². The van der Waals surface area contributed by atoms with Crippen LogP contribution in [0.3, 0.4) is 0 Å². The number of hydrogen-bond acceptors (Lipinski definition) is 5. The highest BCUT2D eigenvalue weighted by Gasteiger charge is 2.15. The minimum atomic E-state index is 0.109. The summed E-state index contributed by atoms with van der Waals surface area (Å²) in [6.45, 7) is 6.49. The van der Waals surface area contributed by atoms with E-state index in [4.69, 9.17) is 17.3 Å². The molecule has 0 radical (unpaired) electrons. The summed E-state index contributed by atoms with van der Waals surface area (Å²) in [6.07, 6.45) is 0. The molecule has 0 aliphatic rings. The van der Waals surface area contributed by atoms with Gasteiger partial charge in [-0.3, -0.25) is 0 Å². The summed E-state index contributed by atoms with van der Waals surface area (Å²) in [5.74, 6) is 5.55. The number of nitrogens with two attached hydrogens (primary N) is 3. The van der Waals surface area contributed by atoms with E-state index < -0.39 is 0 Å². The van der Waals surface area contributed by atoms with Crippen LogP contribution in [0.4, 0.5) is 5.69 Å². The molecule has 5 nitrogen and oxygen atoms in total. The van der Waals surface area contributed by atoms with Crippen LogP contribution in [0.5, 0.6) is 0 Å². The van der Waals surface area contributed by atoms with Crippen molar-refractivity contribution < 1.29 is 0 Å². The first kappa shape index (κ1) is 17.2. The fraction of sp³-hybridized carbons (Fsp3) is 0.235. The van der Waals surface area contributed by atoms with Crippen molar-refractivity contribution >= 4 is 23.3 Å². The van der Waals surface area contributed by atoms with E-state index in [-0.39, 0.29) is 4.75 Å². The van der Waals surface area contributed by atoms with Gasteiger partial charge >= 0.3 is 0 Å². The van der Waals surface area contributed by atoms with Crippen LogP contribution in [-0.2, 0) is 0 Å². The van der Waals surface area contributed by atoms with E-state index in [0.29, 0.717) is 5.84 Å². The maximum atomic E-state index is 6.24. The number of nitrogen functional groups attached to an aromatic ring is 1. The zero-order chi connectivity index (χ0) is 17.0. The molecular formula is C17H23N5S. The SMILES string of the molecule is CC(C)(C)Sc1ccc(-c2ccccc2/C(N)=N/NN)cc1N. The van der Waals surface area contributed by atoms with Crippen LogP contribution >= 0.6 is 11.8 Å². The van der Waals surface area contributed by atoms with Gasteiger partial charge in [0.05, 0.1) is 0 Å². The molecule has 0 saturated carbocycles. The molecule has 0 fully saturated rings. The predicted octanol–water partition coefficient (Wildman–Crippen LogP) is 2.91. The Morgan fingerprint density at radius 2 is 1.83 bits per heavy atom. The molecule has 0 aromatic heterocycles. The van der Waals surface area contributed by atoms with Gasteiger partial charge < -0.3 is 11.5 Å². The van der Waals surface area contributed by atoms with Gasteiger partial charge in [0.1, 0.15) is 0 Å². The van der Waals surface area contributed by atoms with Gasteiger partial charge in [-0.25, -0.2) is 11.4 Å². The first-order valence-electron chi connectivity index (χ1n) is 7.29. The Balaban J connectivity index is 2.44. The van der Waals surface area contributed by atoms with Crippen LogP contribution < -0.4 is 22.8 Å². The van der Waals surface area contributed by atoms with Crippen molar-refractivity contribution in [1.29, 1.82) is 0 Å². The molecule has 23 heavy (non-hydrogen) atoms. The zero-order valence-corrected chi connectivity index (χ0v) is 14.4. The molecule has 0 atom stereocenters. The number of thioether (sulfide) groups is 1. The minimum Gasteiger partial charge on any atom is -0.398 e. The molecule has 7 N–H and O–H groups in total. The summed E-state index contributed by atoms with van der Waals surface area (Å²) in [4.78, 5) is 1.07. The molecule has 0 aliphatic heterocycles. The van der Waals surface area contributed by atoms with E-state index in [9.17, 15) is 0 Å². The Hall–Kier alpha value is -2.18. The third-order valence-electron chi connectivity index (χ3n) is 3.12. The van der Waals surface area contributed by atoms with Crippen molar-refractivity contribution in [1.82, 2.24) is 5.53 Å². The molecular weight excluding hydrogens is 306 g/mol. The van der Waals surface area contributed by atoms with Crippen molar-refractivity contribution in [2.24, 2.45) is 16.7 Å². The first-order valence-corrected chi connectivity index (χ1v) is 8.10. The molecule has 122 valence electrons. The van der Waals surface area contributed by atoms with Crippen molar-refractivity contribution in [2.75, 3.05) is 5.73 Å². The Kier molecular flexibility index (Phi) is 5.18. The lowest BCUT2D eigenvalue weighted by molar-refractivity contribution is 0.803. The largest absolute Gasteiger partial charge is 0.398 e. The lowest BCUT2D eigenvalue weighted by atomic mass is 9.99. The summed E-state index contributed by atoms with van der Waals surface area (Å²) in [5.41, 5.74) is 17.9. The number of rotatable bonds is 4. The molecule has 0 heterocycles. The molecule has 0 saturated heterocycles. The van der Waals surface area contributed by atoms with Crippen molar-refractivity contribution in [3.05, 3.63) is 48.0 Å². The number of nitrogens with zero attached hydrogens (tertiary/aromatic N) is 1. The smallest absolute Gasteiger partial charge is 0.152 e. The Morgan fingerprint density at radius 3 is 2.43 bits per heavy atom. The van der Waals surface area contributed by atoms with Gasteiger partial charge in [-0.2, -0.15) is 0 Å². The molecule has 0 spiro atoms. The average Bonchev–Trinajstić information content (AvgIpc) is 2.48. The van der Waals surface area contributed by atoms with Crippen molar-refractivity contribution in [3.8, 4) is 11.1 Å². The molecule has 0 aliphatic carbocycles. The maximum Gasteiger partial charge on any atom is 0.152 e. The molecule has 2 aromatic rings. The van der Waals surface area contributed by atoms with Crippen LogP contribution in [0.15, 0.2) is 52.5 Å². The summed E-state index contributed by atoms with van der Waals surface area (Å²) in [7, 11) is 0. The van der Waals surface area contributed by atoms with Crippen LogP contribution in [0.2, 0.25) is 0 Å². The number of hydrazone groups is 1. The van der Waals surface area contributed by atoms with Gasteiger partial charge in [0.25, 0.3) is 0 Å². The van der Waals surface area contributed by atoms with E-state index in [1.807, 2.05) is 42.5 Å². The van der Waals surface area contributed by atoms with Crippen LogP contribution in [0.1, 0.15) is 26.3 Å². The lowest BCUT2D eigenvalue weighted by Gasteiger charge is -2.19. The second-order valence-electron chi connectivity index (χ2n) is 6.14. The van der Waals surface area contributed by atoms with Gasteiger partial charge in [0, 0.05) is 20.9 Å². The van der Waals surface area contributed by atoms with E-state index in [2.05, 4.69) is 31.4 Å². The van der Waals surface area contributed by atoms with E-state index in [0.717, 1.165) is 27.3 Å². The van der Waals surface area contributed by atoms with E-state index >= 15 is 0 Å². The highest BCUT2D eigenvalue weighted by molar-refractivity contribution is 8.00. The minimum absolute atomic E-state index is 0.109. The monoisotopic (exact) mass is 329 g/mol. The molecule has 0 bridgehead atoms. The van der Waals surface area contributed by atoms with Crippen LogP contribution in [0.25, 0.3) is 11.1 Å². The van der Waals surface area contributed by atoms with E-state index in [1.54, 1.807) is 11.8 Å². The quantitative estimate of drug-likeness (QED) is 0.172. The first-order chi connectivity index (χ1) is 10.8. The summed E-state index contributed by atoms with van der Waals surface area (Å²) >= 11 is 1.75. The second-order valence-corrected chi connectivity index (χ2v) is 8.01. The zero-order valence-electron chi connectivity index (χ0n) is 13.6. The molecule has 0 amide bonds.